The third kappa shape index (κ3) is 5.36. The minimum Gasteiger partial charge on any atom is -0.469 e. The maximum Gasteiger partial charge on any atom is 0.309 e. The quantitative estimate of drug-likeness (QED) is 0.508. The Hall–Kier alpha value is -2.27. The Kier molecular flexibility index (Phi) is 6.65. The van der Waals surface area contributed by atoms with Gasteiger partial charge in [0.2, 0.25) is 0 Å². The van der Waals surface area contributed by atoms with Crippen LogP contribution in [0.25, 0.3) is 0 Å². The summed E-state index contributed by atoms with van der Waals surface area (Å²) in [5.41, 5.74) is 2.07. The number of carbonyl (C=O) groups is 3. The van der Waals surface area contributed by atoms with E-state index in [0.717, 1.165) is 10.0 Å². The second-order valence-electron chi connectivity index (χ2n) is 5.85. The van der Waals surface area contributed by atoms with Crippen LogP contribution < -0.4 is 0 Å². The molecule has 1 atom stereocenters. The van der Waals surface area contributed by atoms with Crippen molar-refractivity contribution < 1.29 is 19.1 Å². The summed E-state index contributed by atoms with van der Waals surface area (Å²) in [7, 11) is 1.26. The molecule has 0 N–H and O–H groups in total. The maximum absolute atomic E-state index is 12.4. The summed E-state index contributed by atoms with van der Waals surface area (Å²) in [4.78, 5) is 36.9. The highest BCUT2D eigenvalue weighted by Gasteiger charge is 2.26. The normalized spacial score (nSPS) is 11.6. The van der Waals surface area contributed by atoms with E-state index in [1.807, 2.05) is 19.1 Å². The Bertz CT molecular complexity index is 704. The topological polar surface area (TPSA) is 60.4 Å². The van der Waals surface area contributed by atoms with Crippen molar-refractivity contribution in [2.75, 3.05) is 7.11 Å². The summed E-state index contributed by atoms with van der Waals surface area (Å²) in [6, 6.07) is 14.0. The fourth-order valence-electron chi connectivity index (χ4n) is 2.46. The molecule has 2 rings (SSSR count). The zero-order valence-corrected chi connectivity index (χ0v) is 15.7. The average molecular weight is 403 g/mol. The van der Waals surface area contributed by atoms with Gasteiger partial charge in [0.25, 0.3) is 0 Å². The number of halogens is 1. The predicted octanol–water partition coefficient (Wildman–Crippen LogP) is 4.39. The molecule has 4 nitrogen and oxygen atoms in total. The van der Waals surface area contributed by atoms with Gasteiger partial charge in [-0.1, -0.05) is 57.9 Å². The van der Waals surface area contributed by atoms with Gasteiger partial charge in [-0.2, -0.15) is 0 Å². The molecule has 0 heterocycles. The lowest BCUT2D eigenvalue weighted by molar-refractivity contribution is -0.145. The first-order valence-corrected chi connectivity index (χ1v) is 8.66. The first-order valence-electron chi connectivity index (χ1n) is 7.87. The molecule has 0 bridgehead atoms. The molecular weight excluding hydrogens is 384 g/mol. The first-order chi connectivity index (χ1) is 11.9. The number of hydrogen-bond acceptors (Lipinski definition) is 4. The Morgan fingerprint density at radius 2 is 1.32 bits per heavy atom. The molecule has 0 aromatic heterocycles. The Morgan fingerprint density at radius 1 is 0.880 bits per heavy atom. The van der Waals surface area contributed by atoms with Gasteiger partial charge in [-0.05, 0) is 19.1 Å². The number of carbonyl (C=O) groups excluding carboxylic acids is 3. The van der Waals surface area contributed by atoms with Crippen molar-refractivity contribution in [2.45, 2.75) is 19.8 Å². The van der Waals surface area contributed by atoms with Crippen molar-refractivity contribution in [3.05, 3.63) is 69.7 Å². The van der Waals surface area contributed by atoms with Gasteiger partial charge < -0.3 is 4.74 Å². The third-order valence-electron chi connectivity index (χ3n) is 3.94. The fourth-order valence-corrected chi connectivity index (χ4v) is 2.73. The van der Waals surface area contributed by atoms with Crippen LogP contribution in [0, 0.1) is 12.8 Å². The lowest BCUT2D eigenvalue weighted by Crippen LogP contribution is -2.23. The lowest BCUT2D eigenvalue weighted by Gasteiger charge is -2.13. The van der Waals surface area contributed by atoms with Gasteiger partial charge in [0.1, 0.15) is 0 Å². The van der Waals surface area contributed by atoms with Crippen LogP contribution in [-0.2, 0) is 9.53 Å². The molecule has 0 radical (unpaired) electrons. The van der Waals surface area contributed by atoms with E-state index < -0.39 is 11.9 Å². The third-order valence-corrected chi connectivity index (χ3v) is 4.47. The molecule has 0 saturated heterocycles. The minimum absolute atomic E-state index is 0.0575. The van der Waals surface area contributed by atoms with Crippen LogP contribution in [0.3, 0.4) is 0 Å². The second kappa shape index (κ2) is 8.72. The van der Waals surface area contributed by atoms with Crippen molar-refractivity contribution in [1.29, 1.82) is 0 Å². The number of Topliss-reactive ketones (excluding diaryl/α,β-unsaturated/α-hetero) is 2. The molecule has 0 aliphatic heterocycles. The molecule has 0 fully saturated rings. The first kappa shape index (κ1) is 19.1. The number of methoxy groups -OCH3 is 1. The molecule has 2 aromatic rings. The van der Waals surface area contributed by atoms with Gasteiger partial charge >= 0.3 is 5.97 Å². The summed E-state index contributed by atoms with van der Waals surface area (Å²) in [6.45, 7) is 1.93. The number of esters is 1. The second-order valence-corrected chi connectivity index (χ2v) is 6.76. The summed E-state index contributed by atoms with van der Waals surface area (Å²) in [5, 5.41) is 0. The van der Waals surface area contributed by atoms with Crippen molar-refractivity contribution in [2.24, 2.45) is 5.92 Å². The van der Waals surface area contributed by atoms with E-state index in [1.165, 1.54) is 7.11 Å². The Balaban J connectivity index is 2.11. The van der Waals surface area contributed by atoms with E-state index in [2.05, 4.69) is 15.9 Å². The number of aryl methyl sites for hydroxylation is 1. The van der Waals surface area contributed by atoms with Crippen LogP contribution in [0.1, 0.15) is 39.1 Å². The van der Waals surface area contributed by atoms with E-state index in [4.69, 9.17) is 4.74 Å². The number of ether oxygens (including phenoxy) is 1. The number of rotatable bonds is 7. The predicted molar refractivity (Wildman–Crippen MR) is 98.7 cm³/mol. The van der Waals surface area contributed by atoms with Gasteiger partial charge in [0, 0.05) is 28.4 Å². The van der Waals surface area contributed by atoms with Gasteiger partial charge in [0.15, 0.2) is 11.6 Å². The molecule has 2 aromatic carbocycles. The average Bonchev–Trinajstić information content (AvgIpc) is 2.61. The monoisotopic (exact) mass is 402 g/mol. The molecule has 0 amide bonds. The highest BCUT2D eigenvalue weighted by atomic mass is 79.9. The Morgan fingerprint density at radius 3 is 1.76 bits per heavy atom. The van der Waals surface area contributed by atoms with Crippen molar-refractivity contribution in [1.82, 2.24) is 0 Å². The number of hydrogen-bond donors (Lipinski definition) is 0. The van der Waals surface area contributed by atoms with Crippen LogP contribution in [-0.4, -0.2) is 24.6 Å². The largest absolute Gasteiger partial charge is 0.469 e. The summed E-state index contributed by atoms with van der Waals surface area (Å²) >= 11 is 3.31. The van der Waals surface area contributed by atoms with Crippen molar-refractivity contribution >= 4 is 33.5 Å². The zero-order valence-electron chi connectivity index (χ0n) is 14.1. The minimum atomic E-state index is -0.796. The van der Waals surface area contributed by atoms with Crippen LogP contribution in [0.15, 0.2) is 53.0 Å². The highest BCUT2D eigenvalue weighted by Crippen LogP contribution is 2.20. The highest BCUT2D eigenvalue weighted by molar-refractivity contribution is 9.10. The molecule has 1 unspecified atom stereocenters. The van der Waals surface area contributed by atoms with Gasteiger partial charge in [0.05, 0.1) is 13.0 Å². The Labute approximate surface area is 155 Å². The smallest absolute Gasteiger partial charge is 0.309 e. The van der Waals surface area contributed by atoms with Gasteiger partial charge in [-0.15, -0.1) is 0 Å². The molecule has 130 valence electrons. The molecule has 25 heavy (non-hydrogen) atoms. The van der Waals surface area contributed by atoms with E-state index in [9.17, 15) is 14.4 Å². The molecule has 0 saturated carbocycles. The SMILES string of the molecule is COC(=O)C(CC(=O)c1ccc(C)cc1)CC(=O)c1ccc(Br)cc1. The van der Waals surface area contributed by atoms with E-state index >= 15 is 0 Å². The lowest BCUT2D eigenvalue weighted by atomic mass is 9.91. The van der Waals surface area contributed by atoms with Crippen molar-refractivity contribution in [3.8, 4) is 0 Å². The van der Waals surface area contributed by atoms with E-state index in [-0.39, 0.29) is 24.4 Å². The van der Waals surface area contributed by atoms with Gasteiger partial charge in [-0.25, -0.2) is 0 Å². The van der Waals surface area contributed by atoms with Gasteiger partial charge in [-0.3, -0.25) is 14.4 Å². The van der Waals surface area contributed by atoms with Crippen LogP contribution >= 0.6 is 15.9 Å². The molecule has 0 spiro atoms. The fraction of sp³-hybridized carbons (Fsp3) is 0.250. The van der Waals surface area contributed by atoms with Crippen LogP contribution in [0.5, 0.6) is 0 Å². The maximum atomic E-state index is 12.4. The summed E-state index contributed by atoms with van der Waals surface area (Å²) in [5.74, 6) is -1.72. The van der Waals surface area contributed by atoms with E-state index in [0.29, 0.717) is 11.1 Å². The summed E-state index contributed by atoms with van der Waals surface area (Å²) < 4.78 is 5.64. The van der Waals surface area contributed by atoms with Crippen molar-refractivity contribution in [3.63, 3.8) is 0 Å². The molecule has 0 aliphatic carbocycles. The number of benzene rings is 2. The molecule has 5 heteroatoms. The molecular formula is C20H19BrO4. The van der Waals surface area contributed by atoms with E-state index in [1.54, 1.807) is 36.4 Å². The van der Waals surface area contributed by atoms with Crippen LogP contribution in [0.2, 0.25) is 0 Å². The van der Waals surface area contributed by atoms with Crippen LogP contribution in [0.4, 0.5) is 0 Å². The zero-order chi connectivity index (χ0) is 18.4. The summed E-state index contributed by atoms with van der Waals surface area (Å²) in [6.07, 6.45) is -0.121. The standard InChI is InChI=1S/C20H19BrO4/c1-13-3-5-14(6-4-13)18(22)11-16(20(24)25-2)12-19(23)15-7-9-17(21)10-8-15/h3-10,16H,11-12H2,1-2H3. The molecule has 0 aliphatic rings. The number of ketones is 2.